The lowest BCUT2D eigenvalue weighted by Gasteiger charge is -2.28. The Morgan fingerprint density at radius 1 is 0.448 bits per heavy atom. The summed E-state index contributed by atoms with van der Waals surface area (Å²) in [5, 5.41) is 45.8. The van der Waals surface area contributed by atoms with Gasteiger partial charge in [-0.05, 0) is 93.9 Å². The number of aromatic nitrogens is 2. The van der Waals surface area contributed by atoms with E-state index in [1.165, 1.54) is 26.4 Å². The SMILES string of the molecule is CC(C)C[C@H](NC(=O)[C@H](C)NC(=O)[C@H](C)NC(=O)[C@H](CC(C)C)NC(=O)[C@H](Cc1cnc[nH]1)NC(=O)[C@H](CC(C)C)NC(=O)[C@H](CO)NC(=O)[C@H](CC(C)C)NC(=O)[C@H](CC(C)C)NC(=O)[C@@H](N)Cc1ccccc1)C(=O)N[C@@H](CCC(N)=O)C(=O)O. The zero-order valence-corrected chi connectivity index (χ0v) is 52.2. The minimum atomic E-state index is -1.64. The number of rotatable bonds is 39. The van der Waals surface area contributed by atoms with Crippen molar-refractivity contribution in [1.82, 2.24) is 63.1 Å². The van der Waals surface area contributed by atoms with Crippen LogP contribution in [0.3, 0.4) is 0 Å². The van der Waals surface area contributed by atoms with Crippen molar-refractivity contribution in [1.29, 1.82) is 0 Å². The average molecular weight is 1230 g/mol. The second kappa shape index (κ2) is 37.5. The summed E-state index contributed by atoms with van der Waals surface area (Å²) in [6.07, 6.45) is 2.59. The number of hydrogen-bond acceptors (Lipinski definition) is 15. The molecular weight excluding hydrogens is 1130 g/mol. The van der Waals surface area contributed by atoms with E-state index in [0.717, 1.165) is 5.56 Å². The molecule has 28 nitrogen and oxygen atoms in total. The van der Waals surface area contributed by atoms with Crippen LogP contribution in [0.25, 0.3) is 0 Å². The number of carboxylic acid groups (broad SMARTS) is 1. The predicted molar refractivity (Wildman–Crippen MR) is 321 cm³/mol. The molecule has 0 radical (unpaired) electrons. The third kappa shape index (κ3) is 28.4. The molecule has 0 saturated heterocycles. The number of carbonyl (C=O) groups is 12. The fourth-order valence-corrected chi connectivity index (χ4v) is 9.03. The van der Waals surface area contributed by atoms with Crippen molar-refractivity contribution in [3.05, 3.63) is 54.1 Å². The maximum atomic E-state index is 14.3. The highest BCUT2D eigenvalue weighted by Gasteiger charge is 2.36. The molecule has 28 heteroatoms. The Kier molecular flexibility index (Phi) is 32.4. The summed E-state index contributed by atoms with van der Waals surface area (Å²) in [4.78, 5) is 168. The Labute approximate surface area is 509 Å². The van der Waals surface area contributed by atoms with Gasteiger partial charge in [0.05, 0.1) is 19.0 Å². The number of amides is 11. The van der Waals surface area contributed by atoms with Gasteiger partial charge in [-0.2, -0.15) is 0 Å². The molecule has 17 N–H and O–H groups in total. The van der Waals surface area contributed by atoms with E-state index in [1.54, 1.807) is 41.5 Å². The highest BCUT2D eigenvalue weighted by atomic mass is 16.4. The van der Waals surface area contributed by atoms with Gasteiger partial charge in [-0.1, -0.05) is 99.6 Å². The number of benzene rings is 1. The molecule has 0 spiro atoms. The van der Waals surface area contributed by atoms with Crippen molar-refractivity contribution in [2.24, 2.45) is 41.1 Å². The number of aliphatic carboxylic acids is 1. The maximum absolute atomic E-state index is 14.3. The highest BCUT2D eigenvalue weighted by molar-refractivity contribution is 5.99. The Hall–Kier alpha value is -8.01. The molecule has 0 unspecified atom stereocenters. The molecule has 87 heavy (non-hydrogen) atoms. The fourth-order valence-electron chi connectivity index (χ4n) is 9.03. The first-order valence-corrected chi connectivity index (χ1v) is 29.6. The van der Waals surface area contributed by atoms with E-state index in [4.69, 9.17) is 11.5 Å². The minimum absolute atomic E-state index is 0.00538. The van der Waals surface area contributed by atoms with Gasteiger partial charge in [0.1, 0.15) is 60.4 Å². The van der Waals surface area contributed by atoms with Gasteiger partial charge in [0.2, 0.25) is 65.0 Å². The number of carbonyl (C=O) groups excluding carboxylic acids is 11. The van der Waals surface area contributed by atoms with E-state index in [1.807, 2.05) is 58.0 Å². The van der Waals surface area contributed by atoms with Crippen LogP contribution >= 0.6 is 0 Å². The summed E-state index contributed by atoms with van der Waals surface area (Å²) in [6, 6.07) is -5.21. The Morgan fingerprint density at radius 2 is 0.782 bits per heavy atom. The van der Waals surface area contributed by atoms with Crippen molar-refractivity contribution in [2.45, 2.75) is 207 Å². The highest BCUT2D eigenvalue weighted by Crippen LogP contribution is 2.14. The van der Waals surface area contributed by atoms with Crippen molar-refractivity contribution >= 4 is 70.9 Å². The van der Waals surface area contributed by atoms with Crippen molar-refractivity contribution in [3.63, 3.8) is 0 Å². The molecule has 1 aromatic heterocycles. The molecule has 1 heterocycles. The molecule has 2 rings (SSSR count). The lowest BCUT2D eigenvalue weighted by molar-refractivity contribution is -0.142. The number of hydrogen-bond donors (Lipinski definition) is 15. The van der Waals surface area contributed by atoms with Crippen LogP contribution in [0.4, 0.5) is 0 Å². The zero-order valence-electron chi connectivity index (χ0n) is 52.2. The Morgan fingerprint density at radius 3 is 1.16 bits per heavy atom. The summed E-state index contributed by atoms with van der Waals surface area (Å²) < 4.78 is 0. The standard InChI is InChI=1S/C59H96N14O14/c1-30(2)20-41(52(79)65-35(11)49(76)64-36(12)50(77)67-42(21-31(3)4)53(80)66-40(59(86)87)18-19-48(61)75)69-57(84)46(26-38-27-62-29-63-38)72-55(82)44(23-33(7)8)71-58(85)47(28-74)73-56(83)45(24-34(9)10)70-54(81)43(22-32(5)6)68-51(78)39(60)25-37-16-14-13-15-17-37/h13-17,27,29-36,39-47,74H,18-26,28,60H2,1-12H3,(H2,61,75)(H,62,63)(H,64,76)(H,65,79)(H,66,80)(H,67,77)(H,68,78)(H,69,84)(H,70,81)(H,71,85)(H,72,82)(H,73,83)(H,86,87)/t35-,36-,39-,40-,41-,42-,43-,44-,45-,46-,47-/m0/s1. The summed E-state index contributed by atoms with van der Waals surface area (Å²) in [7, 11) is 0. The van der Waals surface area contributed by atoms with Crippen LogP contribution in [0.15, 0.2) is 42.9 Å². The van der Waals surface area contributed by atoms with Gasteiger partial charge in [0, 0.05) is 24.7 Å². The number of carboxylic acids is 1. The van der Waals surface area contributed by atoms with E-state index in [2.05, 4.69) is 63.1 Å². The Bertz CT molecular complexity index is 2600. The normalized spacial score (nSPS) is 15.2. The molecule has 486 valence electrons. The number of nitrogens with zero attached hydrogens (tertiary/aromatic N) is 1. The number of aromatic amines is 1. The minimum Gasteiger partial charge on any atom is -0.480 e. The second-order valence-corrected chi connectivity index (χ2v) is 24.2. The van der Waals surface area contributed by atoms with E-state index >= 15 is 0 Å². The number of imidazole rings is 1. The van der Waals surface area contributed by atoms with Crippen LogP contribution in [0, 0.1) is 29.6 Å². The number of nitrogens with one attached hydrogen (secondary N) is 11. The van der Waals surface area contributed by atoms with Crippen molar-refractivity contribution in [2.75, 3.05) is 6.61 Å². The van der Waals surface area contributed by atoms with Gasteiger partial charge in [0.25, 0.3) is 0 Å². The fraction of sp³-hybridized carbons (Fsp3) is 0.644. The summed E-state index contributed by atoms with van der Waals surface area (Å²) in [5.74, 6) is -11.1. The summed E-state index contributed by atoms with van der Waals surface area (Å²) in [6.45, 7) is 19.7. The van der Waals surface area contributed by atoms with E-state index in [-0.39, 0.29) is 87.4 Å². The molecule has 2 aromatic rings. The quantitative estimate of drug-likeness (QED) is 0.0381. The molecule has 11 amide bonds. The zero-order chi connectivity index (χ0) is 65.8. The molecule has 0 saturated carbocycles. The van der Waals surface area contributed by atoms with Crippen molar-refractivity contribution in [3.8, 4) is 0 Å². The predicted octanol–water partition coefficient (Wildman–Crippen LogP) is -1.02. The van der Waals surface area contributed by atoms with Crippen LogP contribution in [-0.4, -0.2) is 164 Å². The van der Waals surface area contributed by atoms with Crippen molar-refractivity contribution < 1.29 is 67.7 Å². The first-order chi connectivity index (χ1) is 40.7. The van der Waals surface area contributed by atoms with E-state index in [0.29, 0.717) is 5.69 Å². The van der Waals surface area contributed by atoms with Crippen LogP contribution in [0.5, 0.6) is 0 Å². The topological polar surface area (TPSA) is 446 Å². The molecule has 0 fully saturated rings. The van der Waals surface area contributed by atoms with Gasteiger partial charge in [0.15, 0.2) is 0 Å². The number of H-pyrrole nitrogens is 1. The number of aliphatic hydroxyl groups excluding tert-OH is 1. The summed E-state index contributed by atoms with van der Waals surface area (Å²) in [5.41, 5.74) is 12.6. The van der Waals surface area contributed by atoms with Gasteiger partial charge in [-0.15, -0.1) is 0 Å². The molecule has 1 aromatic carbocycles. The van der Waals surface area contributed by atoms with E-state index in [9.17, 15) is 67.7 Å². The average Bonchev–Trinajstić information content (AvgIpc) is 3.87. The van der Waals surface area contributed by atoms with Gasteiger partial charge >= 0.3 is 5.97 Å². The van der Waals surface area contributed by atoms with Gasteiger partial charge in [-0.3, -0.25) is 52.7 Å². The lowest BCUT2D eigenvalue weighted by atomic mass is 9.99. The monoisotopic (exact) mass is 1220 g/mol. The number of aliphatic hydroxyl groups is 1. The third-order valence-electron chi connectivity index (χ3n) is 13.6. The molecule has 11 atom stereocenters. The molecule has 0 bridgehead atoms. The van der Waals surface area contributed by atoms with Gasteiger partial charge in [-0.25, -0.2) is 9.78 Å². The first kappa shape index (κ1) is 75.1. The third-order valence-corrected chi connectivity index (χ3v) is 13.6. The second-order valence-electron chi connectivity index (χ2n) is 24.2. The van der Waals surface area contributed by atoms with E-state index < -0.39 is 144 Å². The van der Waals surface area contributed by atoms with Crippen LogP contribution in [0.2, 0.25) is 0 Å². The summed E-state index contributed by atoms with van der Waals surface area (Å²) >= 11 is 0. The molecular formula is C59H96N14O14. The largest absolute Gasteiger partial charge is 0.480 e. The first-order valence-electron chi connectivity index (χ1n) is 29.6. The maximum Gasteiger partial charge on any atom is 0.326 e. The van der Waals surface area contributed by atoms with Gasteiger partial charge < -0.3 is 79.8 Å². The van der Waals surface area contributed by atoms with Crippen LogP contribution < -0.4 is 64.6 Å². The smallest absolute Gasteiger partial charge is 0.326 e. The Balaban J connectivity index is 2.28. The van der Waals surface area contributed by atoms with Crippen LogP contribution in [-0.2, 0) is 70.4 Å². The molecule has 0 aliphatic rings. The molecule has 0 aliphatic carbocycles. The number of nitrogens with two attached hydrogens (primary N) is 2. The molecule has 0 aliphatic heterocycles. The van der Waals surface area contributed by atoms with Crippen LogP contribution in [0.1, 0.15) is 139 Å². The lowest BCUT2D eigenvalue weighted by Crippen LogP contribution is -2.61. The number of primary amides is 1.